The van der Waals surface area contributed by atoms with Gasteiger partial charge >= 0.3 is 0 Å². The van der Waals surface area contributed by atoms with Crippen molar-refractivity contribution in [2.75, 3.05) is 5.75 Å². The van der Waals surface area contributed by atoms with Gasteiger partial charge in [0.05, 0.1) is 12.2 Å². The number of thioether (sulfide) groups is 1. The molecule has 26 heavy (non-hydrogen) atoms. The standard InChI is InChI=1S/C20H17ClN2O2S/c21-17-7-9-18(10-8-17)26-13-20(25)23-22-19(24)12-14-5-6-15-3-1-2-4-16(15)11-14/h1-11H,12-13H2,(H,22,24)(H,23,25). The van der Waals surface area contributed by atoms with E-state index in [0.717, 1.165) is 21.2 Å². The van der Waals surface area contributed by atoms with Crippen LogP contribution in [0.3, 0.4) is 0 Å². The van der Waals surface area contributed by atoms with Gasteiger partial charge < -0.3 is 0 Å². The van der Waals surface area contributed by atoms with Gasteiger partial charge in [-0.3, -0.25) is 20.4 Å². The van der Waals surface area contributed by atoms with Crippen molar-refractivity contribution in [3.63, 3.8) is 0 Å². The molecule has 0 bridgehead atoms. The third-order valence-corrected chi connectivity index (χ3v) is 4.97. The average molecular weight is 385 g/mol. The normalized spacial score (nSPS) is 10.5. The maximum Gasteiger partial charge on any atom is 0.248 e. The zero-order chi connectivity index (χ0) is 18.4. The van der Waals surface area contributed by atoms with Crippen LogP contribution >= 0.6 is 23.4 Å². The summed E-state index contributed by atoms with van der Waals surface area (Å²) in [4.78, 5) is 24.8. The number of fused-ring (bicyclic) bond motifs is 1. The second-order valence-corrected chi connectivity index (χ2v) is 7.18. The van der Waals surface area contributed by atoms with Crippen molar-refractivity contribution in [2.45, 2.75) is 11.3 Å². The van der Waals surface area contributed by atoms with Crippen LogP contribution in [-0.2, 0) is 16.0 Å². The molecule has 2 N–H and O–H groups in total. The Kier molecular flexibility index (Phi) is 6.15. The number of carbonyl (C=O) groups excluding carboxylic acids is 2. The molecule has 2 amide bonds. The summed E-state index contributed by atoms with van der Waals surface area (Å²) in [6.07, 6.45) is 0.204. The topological polar surface area (TPSA) is 58.2 Å². The summed E-state index contributed by atoms with van der Waals surface area (Å²) >= 11 is 7.19. The molecule has 0 saturated heterocycles. The Morgan fingerprint density at radius 2 is 1.54 bits per heavy atom. The molecule has 3 aromatic carbocycles. The van der Waals surface area contributed by atoms with Gasteiger partial charge in [-0.15, -0.1) is 11.8 Å². The van der Waals surface area contributed by atoms with Gasteiger partial charge in [0.25, 0.3) is 0 Å². The van der Waals surface area contributed by atoms with Crippen LogP contribution in [0.4, 0.5) is 0 Å². The Labute approximate surface area is 160 Å². The summed E-state index contributed by atoms with van der Waals surface area (Å²) < 4.78 is 0. The second kappa shape index (κ2) is 8.74. The van der Waals surface area contributed by atoms with Crippen LogP contribution in [0.1, 0.15) is 5.56 Å². The number of hydrogen-bond donors (Lipinski definition) is 2. The first-order valence-corrected chi connectivity index (χ1v) is 9.40. The first-order chi connectivity index (χ1) is 12.6. The summed E-state index contributed by atoms with van der Waals surface area (Å²) in [5.41, 5.74) is 5.78. The molecule has 0 aliphatic carbocycles. The molecule has 0 fully saturated rings. The van der Waals surface area contributed by atoms with Gasteiger partial charge in [0.2, 0.25) is 11.8 Å². The fraction of sp³-hybridized carbons (Fsp3) is 0.100. The minimum atomic E-state index is -0.267. The van der Waals surface area contributed by atoms with Crippen LogP contribution in [0, 0.1) is 0 Å². The minimum Gasteiger partial charge on any atom is -0.273 e. The Morgan fingerprint density at radius 3 is 2.31 bits per heavy atom. The highest BCUT2D eigenvalue weighted by Gasteiger charge is 2.07. The van der Waals surface area contributed by atoms with E-state index in [0.29, 0.717) is 5.02 Å². The number of benzene rings is 3. The predicted octanol–water partition coefficient (Wildman–Crippen LogP) is 3.98. The maximum absolute atomic E-state index is 12.0. The fourth-order valence-corrected chi connectivity index (χ4v) is 3.26. The van der Waals surface area contributed by atoms with Crippen molar-refractivity contribution in [3.8, 4) is 0 Å². The number of hydrogen-bond acceptors (Lipinski definition) is 3. The molecule has 0 aliphatic heterocycles. The molecule has 3 aromatic rings. The highest BCUT2D eigenvalue weighted by molar-refractivity contribution is 8.00. The average Bonchev–Trinajstić information content (AvgIpc) is 2.66. The van der Waals surface area contributed by atoms with Gasteiger partial charge in [0.1, 0.15) is 0 Å². The Bertz CT molecular complexity index is 929. The van der Waals surface area contributed by atoms with E-state index in [4.69, 9.17) is 11.6 Å². The van der Waals surface area contributed by atoms with Gasteiger partial charge in [-0.1, -0.05) is 54.1 Å². The Balaban J connectivity index is 1.45. The SMILES string of the molecule is O=C(CSc1ccc(Cl)cc1)NNC(=O)Cc1ccc2ccccc2c1. The molecule has 0 heterocycles. The molecular weight excluding hydrogens is 368 g/mol. The molecule has 6 heteroatoms. The molecule has 3 rings (SSSR count). The number of carbonyl (C=O) groups is 2. The maximum atomic E-state index is 12.0. The van der Waals surface area contributed by atoms with Gasteiger partial charge in [0, 0.05) is 9.92 Å². The molecule has 0 radical (unpaired) electrons. The number of nitrogens with one attached hydrogen (secondary N) is 2. The lowest BCUT2D eigenvalue weighted by molar-refractivity contribution is -0.127. The van der Waals surface area contributed by atoms with Crippen molar-refractivity contribution in [2.24, 2.45) is 0 Å². The van der Waals surface area contributed by atoms with E-state index in [1.54, 1.807) is 12.1 Å². The van der Waals surface area contributed by atoms with Crippen molar-refractivity contribution < 1.29 is 9.59 Å². The third-order valence-electron chi connectivity index (χ3n) is 3.70. The van der Waals surface area contributed by atoms with Gasteiger partial charge in [0.15, 0.2) is 0 Å². The number of hydrazine groups is 1. The van der Waals surface area contributed by atoms with E-state index < -0.39 is 0 Å². The molecule has 0 aromatic heterocycles. The van der Waals surface area contributed by atoms with Crippen molar-refractivity contribution >= 4 is 45.9 Å². The van der Waals surface area contributed by atoms with E-state index in [1.807, 2.05) is 54.6 Å². The zero-order valence-corrected chi connectivity index (χ0v) is 15.4. The van der Waals surface area contributed by atoms with E-state index in [1.165, 1.54) is 11.8 Å². The van der Waals surface area contributed by atoms with Gasteiger partial charge in [-0.25, -0.2) is 0 Å². The molecule has 0 aliphatic rings. The lowest BCUT2D eigenvalue weighted by atomic mass is 10.1. The smallest absolute Gasteiger partial charge is 0.248 e. The molecule has 132 valence electrons. The zero-order valence-electron chi connectivity index (χ0n) is 13.9. The Hall–Kier alpha value is -2.50. The number of rotatable bonds is 5. The van der Waals surface area contributed by atoms with Crippen LogP contribution in [0.5, 0.6) is 0 Å². The van der Waals surface area contributed by atoms with Gasteiger partial charge in [-0.2, -0.15) is 0 Å². The minimum absolute atomic E-state index is 0.204. The molecule has 0 atom stereocenters. The molecule has 0 unspecified atom stereocenters. The van der Waals surface area contributed by atoms with E-state index in [-0.39, 0.29) is 24.0 Å². The highest BCUT2D eigenvalue weighted by atomic mass is 35.5. The first kappa shape index (κ1) is 18.3. The monoisotopic (exact) mass is 384 g/mol. The van der Waals surface area contributed by atoms with Crippen molar-refractivity contribution in [1.82, 2.24) is 10.9 Å². The summed E-state index contributed by atoms with van der Waals surface area (Å²) in [6, 6.07) is 21.1. The number of amides is 2. The summed E-state index contributed by atoms with van der Waals surface area (Å²) in [6.45, 7) is 0. The van der Waals surface area contributed by atoms with Crippen LogP contribution in [0.15, 0.2) is 71.6 Å². The van der Waals surface area contributed by atoms with Crippen LogP contribution in [0.2, 0.25) is 5.02 Å². The fourth-order valence-electron chi connectivity index (χ4n) is 2.43. The van der Waals surface area contributed by atoms with Crippen molar-refractivity contribution in [1.29, 1.82) is 0 Å². The largest absolute Gasteiger partial charge is 0.273 e. The van der Waals surface area contributed by atoms with E-state index in [2.05, 4.69) is 10.9 Å². The molecular formula is C20H17ClN2O2S. The molecule has 0 spiro atoms. The lowest BCUT2D eigenvalue weighted by Crippen LogP contribution is -2.43. The second-order valence-electron chi connectivity index (χ2n) is 5.70. The summed E-state index contributed by atoms with van der Waals surface area (Å²) in [5, 5.41) is 2.87. The van der Waals surface area contributed by atoms with Crippen molar-refractivity contribution in [3.05, 3.63) is 77.3 Å². The predicted molar refractivity (Wildman–Crippen MR) is 106 cm³/mol. The Morgan fingerprint density at radius 1 is 0.846 bits per heavy atom. The highest BCUT2D eigenvalue weighted by Crippen LogP contribution is 2.20. The van der Waals surface area contributed by atoms with Crippen LogP contribution < -0.4 is 10.9 Å². The summed E-state index contributed by atoms with van der Waals surface area (Å²) in [5.74, 6) is -0.320. The lowest BCUT2D eigenvalue weighted by Gasteiger charge is -2.08. The third kappa shape index (κ3) is 5.25. The first-order valence-electron chi connectivity index (χ1n) is 8.04. The van der Waals surface area contributed by atoms with E-state index >= 15 is 0 Å². The van der Waals surface area contributed by atoms with Crippen LogP contribution in [-0.4, -0.2) is 17.6 Å². The van der Waals surface area contributed by atoms with E-state index in [9.17, 15) is 9.59 Å². The van der Waals surface area contributed by atoms with Crippen LogP contribution in [0.25, 0.3) is 10.8 Å². The molecule has 4 nitrogen and oxygen atoms in total. The van der Waals surface area contributed by atoms with Gasteiger partial charge in [-0.05, 0) is 40.6 Å². The quantitative estimate of drug-likeness (QED) is 0.516. The molecule has 0 saturated carbocycles. The number of halogens is 1. The summed E-state index contributed by atoms with van der Waals surface area (Å²) in [7, 11) is 0.